The van der Waals surface area contributed by atoms with Crippen molar-refractivity contribution in [2.24, 2.45) is 0 Å². The molecule has 0 heterocycles. The maximum atomic E-state index is 12.2. The van der Waals surface area contributed by atoms with Gasteiger partial charge in [0.05, 0.1) is 10.9 Å². The Kier molecular flexibility index (Phi) is 5.89. The highest BCUT2D eigenvalue weighted by molar-refractivity contribution is 7.89. The third-order valence-electron chi connectivity index (χ3n) is 3.25. The summed E-state index contributed by atoms with van der Waals surface area (Å²) in [4.78, 5) is 23.2. The number of carbonyl (C=O) groups is 2. The Bertz CT molecular complexity index is 849. The van der Waals surface area contributed by atoms with Gasteiger partial charge in [0.2, 0.25) is 21.8 Å². The average Bonchev–Trinajstić information content (AvgIpc) is 2.56. The number of sulfonamides is 1. The molecule has 8 heteroatoms. The van der Waals surface area contributed by atoms with Crippen molar-refractivity contribution in [3.8, 4) is 0 Å². The fourth-order valence-corrected chi connectivity index (χ4v) is 3.27. The summed E-state index contributed by atoms with van der Waals surface area (Å²) in [6.45, 7) is 2.86. The summed E-state index contributed by atoms with van der Waals surface area (Å²) in [6, 6.07) is 13.4. The summed E-state index contributed by atoms with van der Waals surface area (Å²) in [6.07, 6.45) is 0. The third kappa shape index (κ3) is 5.40. The Labute approximate surface area is 146 Å². The molecule has 0 saturated carbocycles. The van der Waals surface area contributed by atoms with Crippen molar-refractivity contribution in [1.82, 2.24) is 4.72 Å². The zero-order valence-electron chi connectivity index (χ0n) is 13.8. The Morgan fingerprint density at radius 1 is 0.880 bits per heavy atom. The number of rotatable bonds is 6. The molecule has 0 spiro atoms. The number of nitrogens with one attached hydrogen (secondary N) is 3. The molecule has 0 saturated heterocycles. The van der Waals surface area contributed by atoms with Gasteiger partial charge in [-0.3, -0.25) is 9.59 Å². The standard InChI is InChI=1S/C17H19N3O4S/c1-12(20-25(23,24)16-6-4-3-5-7-16)17(22)19-15-10-8-14(9-11-15)18-13(2)21/h3-12,20H,1-2H3,(H,18,21)(H,19,22). The summed E-state index contributed by atoms with van der Waals surface area (Å²) in [5, 5.41) is 5.23. The molecule has 0 aromatic heterocycles. The molecule has 0 aliphatic heterocycles. The number of benzene rings is 2. The second kappa shape index (κ2) is 7.91. The van der Waals surface area contributed by atoms with Gasteiger partial charge in [-0.25, -0.2) is 8.42 Å². The van der Waals surface area contributed by atoms with Crippen LogP contribution in [-0.4, -0.2) is 26.3 Å². The van der Waals surface area contributed by atoms with E-state index in [1.54, 1.807) is 42.5 Å². The smallest absolute Gasteiger partial charge is 0.242 e. The molecule has 0 aliphatic carbocycles. The first-order chi connectivity index (χ1) is 11.8. The lowest BCUT2D eigenvalue weighted by Crippen LogP contribution is -2.41. The molecule has 0 aliphatic rings. The van der Waals surface area contributed by atoms with E-state index in [1.807, 2.05) is 0 Å². The van der Waals surface area contributed by atoms with Crippen molar-refractivity contribution in [1.29, 1.82) is 0 Å². The molecule has 0 fully saturated rings. The number of hydrogen-bond donors (Lipinski definition) is 3. The number of carbonyl (C=O) groups excluding carboxylic acids is 2. The molecule has 2 aromatic carbocycles. The van der Waals surface area contributed by atoms with Crippen molar-refractivity contribution in [2.45, 2.75) is 24.8 Å². The minimum absolute atomic E-state index is 0.0920. The quantitative estimate of drug-likeness (QED) is 0.731. The summed E-state index contributed by atoms with van der Waals surface area (Å²) in [5.74, 6) is -0.687. The molecular formula is C17H19N3O4S. The van der Waals surface area contributed by atoms with Gasteiger partial charge in [-0.2, -0.15) is 4.72 Å². The first kappa shape index (κ1) is 18.6. The van der Waals surface area contributed by atoms with Gasteiger partial charge in [-0.05, 0) is 43.3 Å². The maximum Gasteiger partial charge on any atom is 0.242 e. The Hall–Kier alpha value is -2.71. The van der Waals surface area contributed by atoms with Crippen LogP contribution < -0.4 is 15.4 Å². The summed E-state index contributed by atoms with van der Waals surface area (Å²) >= 11 is 0. The van der Waals surface area contributed by atoms with Gasteiger partial charge >= 0.3 is 0 Å². The molecular weight excluding hydrogens is 342 g/mol. The molecule has 0 radical (unpaired) electrons. The van der Waals surface area contributed by atoms with E-state index < -0.39 is 22.0 Å². The summed E-state index contributed by atoms with van der Waals surface area (Å²) < 4.78 is 26.8. The molecule has 132 valence electrons. The van der Waals surface area contributed by atoms with Crippen molar-refractivity contribution < 1.29 is 18.0 Å². The van der Waals surface area contributed by atoms with E-state index >= 15 is 0 Å². The van der Waals surface area contributed by atoms with Crippen molar-refractivity contribution in [3.05, 3.63) is 54.6 Å². The molecule has 0 bridgehead atoms. The normalized spacial score (nSPS) is 12.2. The van der Waals surface area contributed by atoms with E-state index in [2.05, 4.69) is 15.4 Å². The third-order valence-corrected chi connectivity index (χ3v) is 4.81. The zero-order chi connectivity index (χ0) is 18.4. The SMILES string of the molecule is CC(=O)Nc1ccc(NC(=O)C(C)NS(=O)(=O)c2ccccc2)cc1. The number of anilines is 2. The first-order valence-electron chi connectivity index (χ1n) is 7.54. The fraction of sp³-hybridized carbons (Fsp3) is 0.176. The highest BCUT2D eigenvalue weighted by Crippen LogP contribution is 2.14. The van der Waals surface area contributed by atoms with Crippen LogP contribution in [0.2, 0.25) is 0 Å². The van der Waals surface area contributed by atoms with E-state index in [0.29, 0.717) is 11.4 Å². The lowest BCUT2D eigenvalue weighted by atomic mass is 10.2. The molecule has 1 atom stereocenters. The van der Waals surface area contributed by atoms with E-state index in [9.17, 15) is 18.0 Å². The van der Waals surface area contributed by atoms with Gasteiger partial charge < -0.3 is 10.6 Å². The van der Waals surface area contributed by atoms with Crippen LogP contribution in [0.5, 0.6) is 0 Å². The Morgan fingerprint density at radius 2 is 1.40 bits per heavy atom. The Balaban J connectivity index is 1.99. The predicted molar refractivity (Wildman–Crippen MR) is 95.6 cm³/mol. The second-order valence-electron chi connectivity index (χ2n) is 5.40. The highest BCUT2D eigenvalue weighted by Gasteiger charge is 2.21. The monoisotopic (exact) mass is 361 g/mol. The van der Waals surface area contributed by atoms with Crippen LogP contribution in [0.3, 0.4) is 0 Å². The molecule has 3 N–H and O–H groups in total. The fourth-order valence-electron chi connectivity index (χ4n) is 2.04. The van der Waals surface area contributed by atoms with Crippen LogP contribution in [0.15, 0.2) is 59.5 Å². The second-order valence-corrected chi connectivity index (χ2v) is 7.12. The van der Waals surface area contributed by atoms with Crippen LogP contribution in [0.1, 0.15) is 13.8 Å². The maximum absolute atomic E-state index is 12.2. The van der Waals surface area contributed by atoms with Crippen LogP contribution in [0, 0.1) is 0 Å². The van der Waals surface area contributed by atoms with Crippen LogP contribution >= 0.6 is 0 Å². The molecule has 1 unspecified atom stereocenters. The molecule has 2 aromatic rings. The van der Waals surface area contributed by atoms with Crippen molar-refractivity contribution in [2.75, 3.05) is 10.6 Å². The van der Waals surface area contributed by atoms with Gasteiger partial charge in [0.1, 0.15) is 0 Å². The minimum Gasteiger partial charge on any atom is -0.326 e. The van der Waals surface area contributed by atoms with Gasteiger partial charge in [-0.15, -0.1) is 0 Å². The van der Waals surface area contributed by atoms with Crippen LogP contribution in [-0.2, 0) is 19.6 Å². The van der Waals surface area contributed by atoms with E-state index in [1.165, 1.54) is 26.0 Å². The molecule has 7 nitrogen and oxygen atoms in total. The number of amides is 2. The van der Waals surface area contributed by atoms with Gasteiger partial charge in [0.15, 0.2) is 0 Å². The van der Waals surface area contributed by atoms with E-state index in [-0.39, 0.29) is 10.8 Å². The topological polar surface area (TPSA) is 104 Å². The van der Waals surface area contributed by atoms with Gasteiger partial charge in [-0.1, -0.05) is 18.2 Å². The molecule has 2 amide bonds. The predicted octanol–water partition coefficient (Wildman–Crippen LogP) is 1.95. The average molecular weight is 361 g/mol. The van der Waals surface area contributed by atoms with Crippen molar-refractivity contribution in [3.63, 3.8) is 0 Å². The highest BCUT2D eigenvalue weighted by atomic mass is 32.2. The largest absolute Gasteiger partial charge is 0.326 e. The zero-order valence-corrected chi connectivity index (χ0v) is 14.6. The van der Waals surface area contributed by atoms with Crippen molar-refractivity contribution >= 4 is 33.2 Å². The lowest BCUT2D eigenvalue weighted by molar-refractivity contribution is -0.117. The summed E-state index contributed by atoms with van der Waals surface area (Å²) in [7, 11) is -3.78. The van der Waals surface area contributed by atoms with E-state index in [0.717, 1.165) is 0 Å². The number of hydrogen-bond acceptors (Lipinski definition) is 4. The summed E-state index contributed by atoms with van der Waals surface area (Å²) in [5.41, 5.74) is 1.09. The lowest BCUT2D eigenvalue weighted by Gasteiger charge is -2.14. The van der Waals surface area contributed by atoms with Gasteiger partial charge in [0, 0.05) is 18.3 Å². The Morgan fingerprint density at radius 3 is 1.92 bits per heavy atom. The minimum atomic E-state index is -3.78. The van der Waals surface area contributed by atoms with Crippen LogP contribution in [0.25, 0.3) is 0 Å². The molecule has 2 rings (SSSR count). The first-order valence-corrected chi connectivity index (χ1v) is 9.02. The van der Waals surface area contributed by atoms with E-state index in [4.69, 9.17) is 0 Å². The van der Waals surface area contributed by atoms with Gasteiger partial charge in [0.25, 0.3) is 0 Å². The molecule has 25 heavy (non-hydrogen) atoms. The van der Waals surface area contributed by atoms with Crippen LogP contribution in [0.4, 0.5) is 11.4 Å².